The summed E-state index contributed by atoms with van der Waals surface area (Å²) in [4.78, 5) is 0. The molecule has 1 nitrogen and oxygen atoms in total. The van der Waals surface area contributed by atoms with Gasteiger partial charge in [-0.05, 0) is 52.4 Å². The first-order chi connectivity index (χ1) is 6.18. The van der Waals surface area contributed by atoms with Crippen molar-refractivity contribution < 1.29 is 0 Å². The van der Waals surface area contributed by atoms with Gasteiger partial charge in [-0.25, -0.2) is 0 Å². The van der Waals surface area contributed by atoms with Gasteiger partial charge >= 0.3 is 0 Å². The molecule has 1 saturated carbocycles. The van der Waals surface area contributed by atoms with Gasteiger partial charge in [0.1, 0.15) is 0 Å². The van der Waals surface area contributed by atoms with Crippen LogP contribution in [0.1, 0.15) is 24.4 Å². The van der Waals surface area contributed by atoms with E-state index in [-0.39, 0.29) is 18.4 Å². The molecule has 0 spiro atoms. The van der Waals surface area contributed by atoms with Crippen molar-refractivity contribution in [2.75, 3.05) is 0 Å². The van der Waals surface area contributed by atoms with E-state index in [0.717, 1.165) is 9.50 Å². The zero-order chi connectivity index (χ0) is 9.42. The molecule has 0 bridgehead atoms. The van der Waals surface area contributed by atoms with Gasteiger partial charge in [0.15, 0.2) is 0 Å². The molecule has 0 amide bonds. The second-order valence-electron chi connectivity index (χ2n) is 3.54. The van der Waals surface area contributed by atoms with Crippen LogP contribution < -0.4 is 5.73 Å². The lowest BCUT2D eigenvalue weighted by atomic mass is 10.0. The molecule has 0 aliphatic heterocycles. The lowest BCUT2D eigenvalue weighted by Crippen LogP contribution is -2.12. The molecular formula is C10H12BrCl2N. The van der Waals surface area contributed by atoms with E-state index in [9.17, 15) is 0 Å². The van der Waals surface area contributed by atoms with Gasteiger partial charge in [0.25, 0.3) is 0 Å². The summed E-state index contributed by atoms with van der Waals surface area (Å²) >= 11 is 9.29. The van der Waals surface area contributed by atoms with Gasteiger partial charge in [-0.15, -0.1) is 12.4 Å². The molecule has 4 heteroatoms. The van der Waals surface area contributed by atoms with Gasteiger partial charge in [0.2, 0.25) is 0 Å². The van der Waals surface area contributed by atoms with Gasteiger partial charge in [-0.3, -0.25) is 0 Å². The molecule has 14 heavy (non-hydrogen) atoms. The first-order valence-electron chi connectivity index (χ1n) is 4.39. The summed E-state index contributed by atoms with van der Waals surface area (Å²) in [5.74, 6) is 0.688. The summed E-state index contributed by atoms with van der Waals surface area (Å²) in [5.41, 5.74) is 7.23. The minimum absolute atomic E-state index is 0. The van der Waals surface area contributed by atoms with Crippen molar-refractivity contribution in [1.29, 1.82) is 0 Å². The number of benzene rings is 1. The molecule has 0 unspecified atom stereocenters. The van der Waals surface area contributed by atoms with Crippen molar-refractivity contribution in [2.45, 2.75) is 18.9 Å². The van der Waals surface area contributed by atoms with Crippen LogP contribution in [0.15, 0.2) is 22.7 Å². The monoisotopic (exact) mass is 295 g/mol. The predicted molar refractivity (Wildman–Crippen MR) is 66.1 cm³/mol. The number of nitrogens with two attached hydrogens (primary N) is 1. The number of hydrogen-bond acceptors (Lipinski definition) is 1. The van der Waals surface area contributed by atoms with Crippen molar-refractivity contribution in [1.82, 2.24) is 0 Å². The minimum atomic E-state index is 0. The third-order valence-corrected chi connectivity index (χ3v) is 3.67. The van der Waals surface area contributed by atoms with Crippen LogP contribution in [0.25, 0.3) is 0 Å². The van der Waals surface area contributed by atoms with E-state index in [4.69, 9.17) is 17.3 Å². The van der Waals surface area contributed by atoms with E-state index in [1.54, 1.807) is 0 Å². The fourth-order valence-corrected chi connectivity index (χ4v) is 1.96. The Bertz CT molecular complexity index is 326. The molecule has 1 aliphatic rings. The van der Waals surface area contributed by atoms with Crippen LogP contribution in [-0.4, -0.2) is 0 Å². The van der Waals surface area contributed by atoms with E-state index in [2.05, 4.69) is 15.9 Å². The zero-order valence-electron chi connectivity index (χ0n) is 7.54. The Kier molecular flexibility index (Phi) is 4.26. The molecule has 1 aliphatic carbocycles. The fraction of sp³-hybridized carbons (Fsp3) is 0.400. The van der Waals surface area contributed by atoms with E-state index in [1.165, 1.54) is 18.4 Å². The van der Waals surface area contributed by atoms with Crippen molar-refractivity contribution >= 4 is 39.9 Å². The van der Waals surface area contributed by atoms with Crippen LogP contribution in [0.3, 0.4) is 0 Å². The van der Waals surface area contributed by atoms with E-state index >= 15 is 0 Å². The highest BCUT2D eigenvalue weighted by molar-refractivity contribution is 9.10. The first-order valence-corrected chi connectivity index (χ1v) is 5.56. The molecule has 0 heterocycles. The van der Waals surface area contributed by atoms with Crippen LogP contribution >= 0.6 is 39.9 Å². The molecule has 1 atom stereocenters. The molecule has 1 fully saturated rings. The van der Waals surface area contributed by atoms with Gasteiger partial charge < -0.3 is 5.73 Å². The number of halogens is 3. The average molecular weight is 297 g/mol. The molecular weight excluding hydrogens is 285 g/mol. The lowest BCUT2D eigenvalue weighted by Gasteiger charge is -2.11. The summed E-state index contributed by atoms with van der Waals surface area (Å²) in [7, 11) is 0. The van der Waals surface area contributed by atoms with E-state index < -0.39 is 0 Å². The van der Waals surface area contributed by atoms with Crippen LogP contribution in [-0.2, 0) is 0 Å². The maximum atomic E-state index is 6.06. The Labute approximate surface area is 104 Å². The standard InChI is InChI=1S/C10H11BrClN.ClH/c11-8-5-7(3-4-9(8)12)10(13)6-1-2-6;/h3-6,10H,1-2,13H2;1H/t10-;/m1./s1. The van der Waals surface area contributed by atoms with Gasteiger partial charge in [-0.1, -0.05) is 17.7 Å². The second kappa shape index (κ2) is 4.84. The Hall–Kier alpha value is 0.240. The summed E-state index contributed by atoms with van der Waals surface area (Å²) in [6.07, 6.45) is 2.53. The summed E-state index contributed by atoms with van der Waals surface area (Å²) in [6, 6.07) is 6.11. The quantitative estimate of drug-likeness (QED) is 0.879. The molecule has 0 saturated heterocycles. The SMILES string of the molecule is Cl.N[C@@H](c1ccc(Cl)c(Br)c1)C1CC1. The molecule has 0 aromatic heterocycles. The largest absolute Gasteiger partial charge is 0.324 e. The summed E-state index contributed by atoms with van der Waals surface area (Å²) in [6.45, 7) is 0. The Balaban J connectivity index is 0.000000980. The highest BCUT2D eigenvalue weighted by atomic mass is 79.9. The highest BCUT2D eigenvalue weighted by Gasteiger charge is 2.29. The Morgan fingerprint density at radius 3 is 2.57 bits per heavy atom. The van der Waals surface area contributed by atoms with Crippen LogP contribution in [0.4, 0.5) is 0 Å². The topological polar surface area (TPSA) is 26.0 Å². The molecule has 78 valence electrons. The maximum Gasteiger partial charge on any atom is 0.0548 e. The first kappa shape index (κ1) is 12.3. The normalized spacial score (nSPS) is 17.4. The Morgan fingerprint density at radius 2 is 2.07 bits per heavy atom. The molecule has 2 rings (SSSR count). The van der Waals surface area contributed by atoms with Crippen molar-refractivity contribution in [3.8, 4) is 0 Å². The second-order valence-corrected chi connectivity index (χ2v) is 4.80. The van der Waals surface area contributed by atoms with Crippen molar-refractivity contribution in [2.24, 2.45) is 11.7 Å². The Morgan fingerprint density at radius 1 is 1.43 bits per heavy atom. The maximum absolute atomic E-state index is 6.06. The predicted octanol–water partition coefficient (Wildman–Crippen LogP) is 3.93. The van der Waals surface area contributed by atoms with Crippen LogP contribution in [0, 0.1) is 5.92 Å². The van der Waals surface area contributed by atoms with Crippen molar-refractivity contribution in [3.63, 3.8) is 0 Å². The van der Waals surface area contributed by atoms with Gasteiger partial charge in [0, 0.05) is 10.5 Å². The molecule has 1 aromatic rings. The number of hydrogen-bond donors (Lipinski definition) is 1. The van der Waals surface area contributed by atoms with Crippen LogP contribution in [0.2, 0.25) is 5.02 Å². The van der Waals surface area contributed by atoms with Gasteiger partial charge in [-0.2, -0.15) is 0 Å². The third kappa shape index (κ3) is 2.63. The number of rotatable bonds is 2. The highest BCUT2D eigenvalue weighted by Crippen LogP contribution is 2.40. The van der Waals surface area contributed by atoms with E-state index in [1.807, 2.05) is 18.2 Å². The smallest absolute Gasteiger partial charge is 0.0548 e. The van der Waals surface area contributed by atoms with Crippen LogP contribution in [0.5, 0.6) is 0 Å². The molecule has 0 radical (unpaired) electrons. The van der Waals surface area contributed by atoms with Gasteiger partial charge in [0.05, 0.1) is 5.02 Å². The lowest BCUT2D eigenvalue weighted by molar-refractivity contribution is 0.633. The third-order valence-electron chi connectivity index (χ3n) is 2.46. The minimum Gasteiger partial charge on any atom is -0.324 e. The zero-order valence-corrected chi connectivity index (χ0v) is 10.7. The summed E-state index contributed by atoms with van der Waals surface area (Å²) in [5, 5.41) is 0.742. The fourth-order valence-electron chi connectivity index (χ4n) is 1.45. The average Bonchev–Trinajstić information content (AvgIpc) is 2.91. The van der Waals surface area contributed by atoms with Crippen molar-refractivity contribution in [3.05, 3.63) is 33.3 Å². The van der Waals surface area contributed by atoms with E-state index in [0.29, 0.717) is 5.92 Å². The summed E-state index contributed by atoms with van der Waals surface area (Å²) < 4.78 is 0.933. The molecule has 2 N–H and O–H groups in total. The molecule has 1 aromatic carbocycles.